The minimum absolute atomic E-state index is 0. The molecule has 0 aromatic carbocycles. The van der Waals surface area contributed by atoms with Crippen molar-refractivity contribution in [2.45, 2.75) is 33.6 Å². The van der Waals surface area contributed by atoms with Crippen LogP contribution in [0.5, 0.6) is 0 Å². The van der Waals surface area contributed by atoms with Crippen LogP contribution in [0.2, 0.25) is 0 Å². The zero-order valence-corrected chi connectivity index (χ0v) is 16.0. The molecule has 0 heterocycles. The first kappa shape index (κ1) is 22.2. The molecular formula is C12H29IN4O2S. The lowest BCUT2D eigenvalue weighted by Gasteiger charge is -2.12. The molecule has 0 radical (unpaired) electrons. The topological polar surface area (TPSA) is 82.6 Å². The van der Waals surface area contributed by atoms with Crippen LogP contribution in [0, 0.1) is 5.92 Å². The summed E-state index contributed by atoms with van der Waals surface area (Å²) in [6.45, 7) is 7.77. The van der Waals surface area contributed by atoms with Gasteiger partial charge in [0.05, 0.1) is 5.75 Å². The maximum Gasteiger partial charge on any atom is 0.211 e. The molecule has 0 bridgehead atoms. The highest BCUT2D eigenvalue weighted by atomic mass is 127. The zero-order valence-electron chi connectivity index (χ0n) is 12.9. The summed E-state index contributed by atoms with van der Waals surface area (Å²) in [6.07, 6.45) is 2.28. The van der Waals surface area contributed by atoms with Crippen LogP contribution in [0.3, 0.4) is 0 Å². The van der Waals surface area contributed by atoms with Gasteiger partial charge in [0.2, 0.25) is 10.0 Å². The van der Waals surface area contributed by atoms with Gasteiger partial charge >= 0.3 is 0 Å². The van der Waals surface area contributed by atoms with Gasteiger partial charge in [-0.1, -0.05) is 13.8 Å². The van der Waals surface area contributed by atoms with Gasteiger partial charge in [0.1, 0.15) is 0 Å². The SMILES string of the molecule is CCS(=O)(=O)NCCNC(=NC)NCCCC(C)C.I. The molecule has 0 saturated carbocycles. The molecule has 0 unspecified atom stereocenters. The molecule has 3 N–H and O–H groups in total. The molecule has 0 aliphatic heterocycles. The van der Waals surface area contributed by atoms with Crippen LogP contribution in [0.25, 0.3) is 0 Å². The van der Waals surface area contributed by atoms with E-state index >= 15 is 0 Å². The molecule has 0 aromatic rings. The van der Waals surface area contributed by atoms with E-state index in [1.54, 1.807) is 14.0 Å². The molecule has 0 amide bonds. The van der Waals surface area contributed by atoms with Crippen LogP contribution in [-0.4, -0.2) is 46.8 Å². The van der Waals surface area contributed by atoms with Crippen molar-refractivity contribution in [1.29, 1.82) is 0 Å². The van der Waals surface area contributed by atoms with Crippen molar-refractivity contribution in [3.63, 3.8) is 0 Å². The van der Waals surface area contributed by atoms with E-state index in [1.165, 1.54) is 6.42 Å². The number of guanidine groups is 1. The van der Waals surface area contributed by atoms with Crippen molar-refractivity contribution in [3.8, 4) is 0 Å². The first-order valence-corrected chi connectivity index (χ1v) is 8.48. The highest BCUT2D eigenvalue weighted by molar-refractivity contribution is 14.0. The fourth-order valence-electron chi connectivity index (χ4n) is 1.43. The molecule has 8 heteroatoms. The Hall–Kier alpha value is -0.0900. The maximum atomic E-state index is 11.2. The highest BCUT2D eigenvalue weighted by Gasteiger charge is 2.04. The average Bonchev–Trinajstić information content (AvgIpc) is 2.36. The van der Waals surface area contributed by atoms with Gasteiger partial charge < -0.3 is 10.6 Å². The molecule has 6 nitrogen and oxygen atoms in total. The van der Waals surface area contributed by atoms with Crippen molar-refractivity contribution in [2.75, 3.05) is 32.4 Å². The van der Waals surface area contributed by atoms with E-state index in [2.05, 4.69) is 34.2 Å². The molecule has 0 aliphatic rings. The maximum absolute atomic E-state index is 11.2. The van der Waals surface area contributed by atoms with Gasteiger partial charge in [0.15, 0.2) is 5.96 Å². The van der Waals surface area contributed by atoms with Crippen molar-refractivity contribution in [3.05, 3.63) is 0 Å². The average molecular weight is 420 g/mol. The van der Waals surface area contributed by atoms with Gasteiger partial charge in [-0.15, -0.1) is 24.0 Å². The lowest BCUT2D eigenvalue weighted by atomic mass is 10.1. The first-order valence-electron chi connectivity index (χ1n) is 6.83. The molecule has 20 heavy (non-hydrogen) atoms. The monoisotopic (exact) mass is 420 g/mol. The van der Waals surface area contributed by atoms with Crippen LogP contribution in [0.1, 0.15) is 33.6 Å². The smallest absolute Gasteiger partial charge is 0.211 e. The third-order valence-corrected chi connectivity index (χ3v) is 4.00. The van der Waals surface area contributed by atoms with Crippen molar-refractivity contribution < 1.29 is 8.42 Å². The molecule has 0 aliphatic carbocycles. The van der Waals surface area contributed by atoms with E-state index in [9.17, 15) is 8.42 Å². The quantitative estimate of drug-likeness (QED) is 0.226. The minimum Gasteiger partial charge on any atom is -0.356 e. The second-order valence-corrected chi connectivity index (χ2v) is 6.86. The second kappa shape index (κ2) is 12.6. The third-order valence-electron chi connectivity index (χ3n) is 2.59. The lowest BCUT2D eigenvalue weighted by molar-refractivity contribution is 0.549. The highest BCUT2D eigenvalue weighted by Crippen LogP contribution is 2.01. The number of sulfonamides is 1. The van der Waals surface area contributed by atoms with Crippen molar-refractivity contribution >= 4 is 40.0 Å². The second-order valence-electron chi connectivity index (χ2n) is 4.76. The summed E-state index contributed by atoms with van der Waals surface area (Å²) in [4.78, 5) is 4.08. The predicted octanol–water partition coefficient (Wildman–Crippen LogP) is 1.14. The van der Waals surface area contributed by atoms with Gasteiger partial charge in [0.25, 0.3) is 0 Å². The summed E-state index contributed by atoms with van der Waals surface area (Å²) in [5.74, 6) is 1.52. The molecule has 0 rings (SSSR count). The Bertz CT molecular complexity index is 358. The summed E-state index contributed by atoms with van der Waals surface area (Å²) in [5, 5.41) is 6.26. The predicted molar refractivity (Wildman–Crippen MR) is 96.3 cm³/mol. The summed E-state index contributed by atoms with van der Waals surface area (Å²) >= 11 is 0. The molecular weight excluding hydrogens is 391 g/mol. The molecule has 0 saturated heterocycles. The largest absolute Gasteiger partial charge is 0.356 e. The minimum atomic E-state index is -3.10. The number of nitrogens with zero attached hydrogens (tertiary/aromatic N) is 1. The Kier molecular flexibility index (Phi) is 14.0. The van der Waals surface area contributed by atoms with Gasteiger partial charge in [-0.2, -0.15) is 0 Å². The van der Waals surface area contributed by atoms with E-state index in [-0.39, 0.29) is 29.7 Å². The summed E-state index contributed by atoms with van der Waals surface area (Å²) < 4.78 is 24.9. The zero-order chi connectivity index (χ0) is 14.7. The van der Waals surface area contributed by atoms with Crippen LogP contribution in [0.15, 0.2) is 4.99 Å². The third kappa shape index (κ3) is 12.9. The normalized spacial score (nSPS) is 12.2. The van der Waals surface area contributed by atoms with Crippen molar-refractivity contribution in [2.24, 2.45) is 10.9 Å². The fraction of sp³-hybridized carbons (Fsp3) is 0.917. The number of hydrogen-bond donors (Lipinski definition) is 3. The molecule has 0 fully saturated rings. The van der Waals surface area contributed by atoms with Gasteiger partial charge in [-0.25, -0.2) is 13.1 Å². The number of halogens is 1. The number of aliphatic imine (C=N–C) groups is 1. The van der Waals surface area contributed by atoms with Crippen LogP contribution >= 0.6 is 24.0 Å². The Labute approximate surface area is 140 Å². The number of rotatable bonds is 9. The fourth-order valence-corrected chi connectivity index (χ4v) is 2.04. The van der Waals surface area contributed by atoms with E-state index in [0.717, 1.165) is 13.0 Å². The Morgan fingerprint density at radius 2 is 1.75 bits per heavy atom. The number of hydrogen-bond acceptors (Lipinski definition) is 3. The molecule has 0 aromatic heterocycles. The Morgan fingerprint density at radius 3 is 2.25 bits per heavy atom. The van der Waals surface area contributed by atoms with Gasteiger partial charge in [-0.3, -0.25) is 4.99 Å². The summed E-state index contributed by atoms with van der Waals surface area (Å²) in [7, 11) is -1.40. The molecule has 0 spiro atoms. The summed E-state index contributed by atoms with van der Waals surface area (Å²) in [6, 6.07) is 0. The van der Waals surface area contributed by atoms with Gasteiger partial charge in [-0.05, 0) is 25.7 Å². The first-order chi connectivity index (χ1) is 8.91. The number of nitrogens with one attached hydrogen (secondary N) is 3. The van der Waals surface area contributed by atoms with E-state index in [1.807, 2.05) is 0 Å². The Morgan fingerprint density at radius 1 is 1.15 bits per heavy atom. The molecule has 0 atom stereocenters. The summed E-state index contributed by atoms with van der Waals surface area (Å²) in [5.41, 5.74) is 0. The van der Waals surface area contributed by atoms with Crippen LogP contribution in [0.4, 0.5) is 0 Å². The van der Waals surface area contributed by atoms with E-state index in [4.69, 9.17) is 0 Å². The van der Waals surface area contributed by atoms with Crippen LogP contribution < -0.4 is 15.4 Å². The molecule has 122 valence electrons. The standard InChI is InChI=1S/C12H28N4O2S.HI/c1-5-19(17,18)16-10-9-15-12(13-4)14-8-6-7-11(2)3;/h11,16H,5-10H2,1-4H3,(H2,13,14,15);1H. The van der Waals surface area contributed by atoms with Crippen molar-refractivity contribution in [1.82, 2.24) is 15.4 Å². The van der Waals surface area contributed by atoms with Gasteiger partial charge in [0, 0.05) is 26.7 Å². The van der Waals surface area contributed by atoms with Crippen LogP contribution in [-0.2, 0) is 10.0 Å². The Balaban J connectivity index is 0. The van der Waals surface area contributed by atoms with E-state index in [0.29, 0.717) is 25.0 Å². The lowest BCUT2D eigenvalue weighted by Crippen LogP contribution is -2.42. The van der Waals surface area contributed by atoms with E-state index < -0.39 is 10.0 Å².